The zero-order chi connectivity index (χ0) is 12.4. The van der Waals surface area contributed by atoms with E-state index < -0.39 is 5.91 Å². The summed E-state index contributed by atoms with van der Waals surface area (Å²) in [5, 5.41) is 4.02. The lowest BCUT2D eigenvalue weighted by Gasteiger charge is -2.03. The number of ether oxygens (including phenoxy) is 1. The second-order valence-corrected chi connectivity index (χ2v) is 3.44. The molecule has 0 saturated carbocycles. The molecule has 6 heteroatoms. The number of rotatable bonds is 3. The molecule has 1 aromatic carbocycles. The molecule has 1 aromatic heterocycles. The first kappa shape index (κ1) is 11.0. The number of benzene rings is 1. The van der Waals surface area contributed by atoms with E-state index in [-0.39, 0.29) is 11.4 Å². The maximum absolute atomic E-state index is 11.0. The molecule has 1 heterocycles. The zero-order valence-corrected chi connectivity index (χ0v) is 9.25. The number of nitrogens with two attached hydrogens (primary N) is 2. The van der Waals surface area contributed by atoms with Crippen molar-refractivity contribution in [1.29, 1.82) is 0 Å². The number of nitrogens with zero attached hydrogens (tertiary/aromatic N) is 2. The average molecular weight is 232 g/mol. The van der Waals surface area contributed by atoms with Crippen LogP contribution in [0.5, 0.6) is 5.75 Å². The molecule has 2 aromatic rings. The highest BCUT2D eigenvalue weighted by Gasteiger charge is 2.12. The van der Waals surface area contributed by atoms with E-state index in [1.54, 1.807) is 13.2 Å². The molecule has 0 radical (unpaired) electrons. The first-order valence-electron chi connectivity index (χ1n) is 4.91. The number of amides is 1. The SMILES string of the molecule is COc1cccc(-n2cc(N)c(C(N)=O)n2)c1. The minimum absolute atomic E-state index is 0.0628. The van der Waals surface area contributed by atoms with Gasteiger partial charge in [-0.2, -0.15) is 5.10 Å². The molecule has 17 heavy (non-hydrogen) atoms. The summed E-state index contributed by atoms with van der Waals surface area (Å²) in [5.41, 5.74) is 11.8. The zero-order valence-electron chi connectivity index (χ0n) is 9.25. The largest absolute Gasteiger partial charge is 0.497 e. The van der Waals surface area contributed by atoms with E-state index >= 15 is 0 Å². The van der Waals surface area contributed by atoms with Gasteiger partial charge < -0.3 is 16.2 Å². The molecule has 0 fully saturated rings. The second-order valence-electron chi connectivity index (χ2n) is 3.44. The molecule has 0 aliphatic rings. The molecule has 2 rings (SSSR count). The number of nitrogen functional groups attached to an aromatic ring is 1. The van der Waals surface area contributed by atoms with Gasteiger partial charge in [-0.05, 0) is 12.1 Å². The third-order valence-electron chi connectivity index (χ3n) is 2.29. The van der Waals surface area contributed by atoms with Gasteiger partial charge in [0.25, 0.3) is 5.91 Å². The number of hydrogen-bond acceptors (Lipinski definition) is 4. The van der Waals surface area contributed by atoms with Crippen LogP contribution in [0.4, 0.5) is 5.69 Å². The molecule has 0 bridgehead atoms. The van der Waals surface area contributed by atoms with Crippen LogP contribution in [-0.2, 0) is 0 Å². The fourth-order valence-electron chi connectivity index (χ4n) is 1.46. The van der Waals surface area contributed by atoms with Crippen LogP contribution in [0, 0.1) is 0 Å². The Labute approximate surface area is 97.8 Å². The topological polar surface area (TPSA) is 96.2 Å². The Morgan fingerprint density at radius 3 is 2.82 bits per heavy atom. The molecule has 0 spiro atoms. The van der Waals surface area contributed by atoms with E-state index in [1.807, 2.05) is 18.2 Å². The maximum atomic E-state index is 11.0. The van der Waals surface area contributed by atoms with Crippen molar-refractivity contribution >= 4 is 11.6 Å². The van der Waals surface area contributed by atoms with Crippen LogP contribution in [0.15, 0.2) is 30.5 Å². The lowest BCUT2D eigenvalue weighted by atomic mass is 10.3. The summed E-state index contributed by atoms with van der Waals surface area (Å²) >= 11 is 0. The Balaban J connectivity index is 2.46. The molecule has 0 saturated heterocycles. The summed E-state index contributed by atoms with van der Waals surface area (Å²) in [6.45, 7) is 0. The van der Waals surface area contributed by atoms with Crippen molar-refractivity contribution in [2.75, 3.05) is 12.8 Å². The average Bonchev–Trinajstić information content (AvgIpc) is 2.71. The van der Waals surface area contributed by atoms with E-state index in [9.17, 15) is 4.79 Å². The third kappa shape index (κ3) is 2.05. The van der Waals surface area contributed by atoms with E-state index in [4.69, 9.17) is 16.2 Å². The van der Waals surface area contributed by atoms with Gasteiger partial charge in [-0.25, -0.2) is 4.68 Å². The molecule has 4 N–H and O–H groups in total. The van der Waals surface area contributed by atoms with Gasteiger partial charge in [0, 0.05) is 6.07 Å². The van der Waals surface area contributed by atoms with Crippen LogP contribution in [0.25, 0.3) is 5.69 Å². The molecule has 0 aliphatic carbocycles. The minimum Gasteiger partial charge on any atom is -0.497 e. The fourth-order valence-corrected chi connectivity index (χ4v) is 1.46. The Morgan fingerprint density at radius 2 is 2.24 bits per heavy atom. The van der Waals surface area contributed by atoms with Gasteiger partial charge in [0.1, 0.15) is 5.75 Å². The Morgan fingerprint density at radius 1 is 1.47 bits per heavy atom. The highest BCUT2D eigenvalue weighted by atomic mass is 16.5. The van der Waals surface area contributed by atoms with Gasteiger partial charge in [0.05, 0.1) is 24.7 Å². The van der Waals surface area contributed by atoms with Crippen LogP contribution < -0.4 is 16.2 Å². The summed E-state index contributed by atoms with van der Waals surface area (Å²) in [4.78, 5) is 11.0. The highest BCUT2D eigenvalue weighted by Crippen LogP contribution is 2.18. The van der Waals surface area contributed by atoms with Crippen molar-refractivity contribution < 1.29 is 9.53 Å². The summed E-state index contributed by atoms with van der Waals surface area (Å²) in [5.74, 6) is 0.0429. The summed E-state index contributed by atoms with van der Waals surface area (Å²) in [7, 11) is 1.57. The van der Waals surface area contributed by atoms with Gasteiger partial charge in [0.2, 0.25) is 0 Å². The molecular weight excluding hydrogens is 220 g/mol. The van der Waals surface area contributed by atoms with Gasteiger partial charge in [-0.3, -0.25) is 4.79 Å². The lowest BCUT2D eigenvalue weighted by Crippen LogP contribution is -2.14. The van der Waals surface area contributed by atoms with Crippen LogP contribution in [0.2, 0.25) is 0 Å². The molecule has 88 valence electrons. The number of anilines is 1. The Bertz CT molecular complexity index is 562. The molecule has 0 unspecified atom stereocenters. The van der Waals surface area contributed by atoms with Crippen LogP contribution in [0.3, 0.4) is 0 Å². The van der Waals surface area contributed by atoms with Crippen molar-refractivity contribution in [3.8, 4) is 11.4 Å². The number of carbonyl (C=O) groups excluding carboxylic acids is 1. The van der Waals surface area contributed by atoms with Crippen molar-refractivity contribution in [3.63, 3.8) is 0 Å². The monoisotopic (exact) mass is 232 g/mol. The fraction of sp³-hybridized carbons (Fsp3) is 0.0909. The number of hydrogen-bond donors (Lipinski definition) is 2. The van der Waals surface area contributed by atoms with Gasteiger partial charge >= 0.3 is 0 Å². The molecule has 6 nitrogen and oxygen atoms in total. The predicted molar refractivity (Wildman–Crippen MR) is 63.0 cm³/mol. The van der Waals surface area contributed by atoms with Gasteiger partial charge in [-0.1, -0.05) is 6.07 Å². The quantitative estimate of drug-likeness (QED) is 0.808. The maximum Gasteiger partial charge on any atom is 0.271 e. The number of carbonyl (C=O) groups is 1. The molecule has 1 amide bonds. The van der Waals surface area contributed by atoms with Gasteiger partial charge in [0.15, 0.2) is 5.69 Å². The van der Waals surface area contributed by atoms with E-state index in [0.29, 0.717) is 5.75 Å². The summed E-state index contributed by atoms with van der Waals surface area (Å²) in [6.07, 6.45) is 1.54. The smallest absolute Gasteiger partial charge is 0.271 e. The van der Waals surface area contributed by atoms with Crippen LogP contribution >= 0.6 is 0 Å². The summed E-state index contributed by atoms with van der Waals surface area (Å²) < 4.78 is 6.58. The molecule has 0 atom stereocenters. The first-order valence-corrected chi connectivity index (χ1v) is 4.91. The van der Waals surface area contributed by atoms with Crippen molar-refractivity contribution in [2.45, 2.75) is 0 Å². The number of primary amides is 1. The third-order valence-corrected chi connectivity index (χ3v) is 2.29. The van der Waals surface area contributed by atoms with Gasteiger partial charge in [-0.15, -0.1) is 0 Å². The predicted octanol–water partition coefficient (Wildman–Crippen LogP) is 0.562. The van der Waals surface area contributed by atoms with Crippen molar-refractivity contribution in [1.82, 2.24) is 9.78 Å². The van der Waals surface area contributed by atoms with Crippen molar-refractivity contribution in [3.05, 3.63) is 36.2 Å². The Hall–Kier alpha value is -2.50. The Kier molecular flexibility index (Phi) is 2.70. The normalized spacial score (nSPS) is 10.2. The lowest BCUT2D eigenvalue weighted by molar-refractivity contribution is 0.0996. The molecule has 0 aliphatic heterocycles. The highest BCUT2D eigenvalue weighted by molar-refractivity contribution is 5.95. The van der Waals surface area contributed by atoms with Crippen LogP contribution in [-0.4, -0.2) is 22.8 Å². The first-order chi connectivity index (χ1) is 8.11. The summed E-state index contributed by atoms with van der Waals surface area (Å²) in [6, 6.07) is 7.22. The van der Waals surface area contributed by atoms with Crippen LogP contribution in [0.1, 0.15) is 10.5 Å². The van der Waals surface area contributed by atoms with E-state index in [2.05, 4.69) is 5.10 Å². The van der Waals surface area contributed by atoms with E-state index in [1.165, 1.54) is 10.9 Å². The standard InChI is InChI=1S/C11H12N4O2/c1-17-8-4-2-3-7(5-8)15-6-9(12)10(14-15)11(13)16/h2-6H,12H2,1H3,(H2,13,16). The minimum atomic E-state index is -0.649. The number of aromatic nitrogens is 2. The molecular formula is C11H12N4O2. The second kappa shape index (κ2) is 4.17. The number of methoxy groups -OCH3 is 1. The van der Waals surface area contributed by atoms with E-state index in [0.717, 1.165) is 5.69 Å². The van der Waals surface area contributed by atoms with Crippen molar-refractivity contribution in [2.24, 2.45) is 5.73 Å².